The summed E-state index contributed by atoms with van der Waals surface area (Å²) in [4.78, 5) is 2.69. The number of hydrogen-bond donors (Lipinski definition) is 1. The van der Waals surface area contributed by atoms with Gasteiger partial charge in [0.25, 0.3) is 0 Å². The van der Waals surface area contributed by atoms with Gasteiger partial charge < -0.3 is 5.32 Å². The summed E-state index contributed by atoms with van der Waals surface area (Å²) < 4.78 is 0. The summed E-state index contributed by atoms with van der Waals surface area (Å²) in [6.07, 6.45) is 4.05. The molecule has 0 amide bonds. The van der Waals surface area contributed by atoms with Crippen molar-refractivity contribution in [3.05, 3.63) is 0 Å². The number of rotatable bonds is 6. The second kappa shape index (κ2) is 6.49. The summed E-state index contributed by atoms with van der Waals surface area (Å²) in [5.74, 6) is 0.767. The van der Waals surface area contributed by atoms with Crippen molar-refractivity contribution in [2.45, 2.75) is 59.0 Å². The third-order valence-electron chi connectivity index (χ3n) is 3.51. The van der Waals surface area contributed by atoms with Crippen molar-refractivity contribution in [3.63, 3.8) is 0 Å². The molecule has 1 N–H and O–H groups in total. The van der Waals surface area contributed by atoms with Crippen molar-refractivity contribution in [1.82, 2.24) is 10.2 Å². The number of likely N-dealkylation sites (tertiary alicyclic amines) is 1. The van der Waals surface area contributed by atoms with Gasteiger partial charge in [0.2, 0.25) is 0 Å². The lowest BCUT2D eigenvalue weighted by molar-refractivity contribution is 0.183. The van der Waals surface area contributed by atoms with Gasteiger partial charge in [-0.25, -0.2) is 0 Å². The molecule has 0 aromatic heterocycles. The molecule has 0 spiro atoms. The van der Waals surface area contributed by atoms with Crippen LogP contribution in [0.15, 0.2) is 0 Å². The number of nitrogens with zero attached hydrogens (tertiary/aromatic N) is 1. The molecule has 2 atom stereocenters. The van der Waals surface area contributed by atoms with Gasteiger partial charge >= 0.3 is 0 Å². The van der Waals surface area contributed by atoms with Gasteiger partial charge in [-0.3, -0.25) is 4.90 Å². The average molecular weight is 212 g/mol. The van der Waals surface area contributed by atoms with E-state index in [1.54, 1.807) is 0 Å². The van der Waals surface area contributed by atoms with Crippen LogP contribution in [0.1, 0.15) is 47.0 Å². The van der Waals surface area contributed by atoms with Crippen LogP contribution in [0.5, 0.6) is 0 Å². The van der Waals surface area contributed by atoms with Gasteiger partial charge in [-0.15, -0.1) is 0 Å². The fourth-order valence-corrected chi connectivity index (χ4v) is 2.43. The van der Waals surface area contributed by atoms with Crippen molar-refractivity contribution in [3.8, 4) is 0 Å². The second-order valence-electron chi connectivity index (χ2n) is 5.34. The highest BCUT2D eigenvalue weighted by Gasteiger charge is 2.26. The maximum atomic E-state index is 3.59. The first-order valence-electron chi connectivity index (χ1n) is 6.61. The molecule has 1 rings (SSSR count). The number of nitrogens with one attached hydrogen (secondary N) is 1. The van der Waals surface area contributed by atoms with Gasteiger partial charge in [0.1, 0.15) is 0 Å². The summed E-state index contributed by atoms with van der Waals surface area (Å²) >= 11 is 0. The van der Waals surface area contributed by atoms with Crippen LogP contribution in [-0.2, 0) is 0 Å². The minimum Gasteiger partial charge on any atom is -0.315 e. The Morgan fingerprint density at radius 2 is 2.07 bits per heavy atom. The summed E-state index contributed by atoms with van der Waals surface area (Å²) in [7, 11) is 0. The zero-order valence-corrected chi connectivity index (χ0v) is 10.9. The molecule has 2 nitrogen and oxygen atoms in total. The Bertz CT molecular complexity index is 168. The van der Waals surface area contributed by atoms with Crippen molar-refractivity contribution in [2.24, 2.45) is 5.92 Å². The van der Waals surface area contributed by atoms with Crippen LogP contribution in [0.4, 0.5) is 0 Å². The standard InChI is InChI=1S/C13H28N2/c1-5-12(4)15-8-6-7-13(15)10-14-9-11(2)3/h11-14H,5-10H2,1-4H3. The fourth-order valence-electron chi connectivity index (χ4n) is 2.43. The molecule has 0 aromatic rings. The average Bonchev–Trinajstić information content (AvgIpc) is 2.64. The summed E-state index contributed by atoms with van der Waals surface area (Å²) in [5.41, 5.74) is 0. The van der Waals surface area contributed by atoms with Crippen LogP contribution < -0.4 is 5.32 Å². The molecule has 1 fully saturated rings. The van der Waals surface area contributed by atoms with E-state index in [-0.39, 0.29) is 0 Å². The molecule has 15 heavy (non-hydrogen) atoms. The molecule has 1 saturated heterocycles. The van der Waals surface area contributed by atoms with E-state index in [1.807, 2.05) is 0 Å². The molecule has 90 valence electrons. The number of hydrogen-bond acceptors (Lipinski definition) is 2. The largest absolute Gasteiger partial charge is 0.315 e. The zero-order chi connectivity index (χ0) is 11.3. The molecule has 2 unspecified atom stereocenters. The lowest BCUT2D eigenvalue weighted by atomic mass is 10.1. The lowest BCUT2D eigenvalue weighted by Gasteiger charge is -2.30. The Morgan fingerprint density at radius 1 is 1.33 bits per heavy atom. The molecule has 1 aliphatic heterocycles. The maximum absolute atomic E-state index is 3.59. The third-order valence-corrected chi connectivity index (χ3v) is 3.51. The summed E-state index contributed by atoms with van der Waals surface area (Å²) in [6.45, 7) is 12.8. The van der Waals surface area contributed by atoms with Crippen molar-refractivity contribution in [2.75, 3.05) is 19.6 Å². The molecule has 1 aliphatic rings. The van der Waals surface area contributed by atoms with Crippen LogP contribution in [0, 0.1) is 5.92 Å². The quantitative estimate of drug-likeness (QED) is 0.728. The second-order valence-corrected chi connectivity index (χ2v) is 5.34. The fraction of sp³-hybridized carbons (Fsp3) is 1.00. The predicted molar refractivity (Wildman–Crippen MR) is 67.2 cm³/mol. The van der Waals surface area contributed by atoms with Gasteiger partial charge in [0.05, 0.1) is 0 Å². The first-order valence-corrected chi connectivity index (χ1v) is 6.61. The molecule has 0 aromatic carbocycles. The highest BCUT2D eigenvalue weighted by molar-refractivity contribution is 4.84. The summed E-state index contributed by atoms with van der Waals surface area (Å²) in [6, 6.07) is 1.55. The smallest absolute Gasteiger partial charge is 0.0223 e. The van der Waals surface area contributed by atoms with E-state index in [0.29, 0.717) is 0 Å². The van der Waals surface area contributed by atoms with E-state index in [4.69, 9.17) is 0 Å². The van der Waals surface area contributed by atoms with Crippen LogP contribution in [0.3, 0.4) is 0 Å². The Labute approximate surface area is 95.4 Å². The van der Waals surface area contributed by atoms with E-state index in [2.05, 4.69) is 37.9 Å². The van der Waals surface area contributed by atoms with E-state index >= 15 is 0 Å². The summed E-state index contributed by atoms with van der Waals surface area (Å²) in [5, 5.41) is 3.59. The molecule has 2 heteroatoms. The normalized spacial score (nSPS) is 25.0. The first kappa shape index (κ1) is 13.0. The van der Waals surface area contributed by atoms with E-state index in [1.165, 1.54) is 32.4 Å². The van der Waals surface area contributed by atoms with Gasteiger partial charge in [-0.1, -0.05) is 20.8 Å². The van der Waals surface area contributed by atoms with Crippen molar-refractivity contribution >= 4 is 0 Å². The Kier molecular flexibility index (Phi) is 5.62. The van der Waals surface area contributed by atoms with Gasteiger partial charge in [-0.05, 0) is 45.2 Å². The lowest BCUT2D eigenvalue weighted by Crippen LogP contribution is -2.43. The van der Waals surface area contributed by atoms with Crippen LogP contribution >= 0.6 is 0 Å². The molecule has 0 saturated carbocycles. The Hall–Kier alpha value is -0.0800. The molecule has 0 aliphatic carbocycles. The highest BCUT2D eigenvalue weighted by Crippen LogP contribution is 2.20. The van der Waals surface area contributed by atoms with Gasteiger partial charge in [-0.2, -0.15) is 0 Å². The SMILES string of the molecule is CCC(C)N1CCCC1CNCC(C)C. The molecular formula is C13H28N2. The Morgan fingerprint density at radius 3 is 2.67 bits per heavy atom. The molecule has 0 radical (unpaired) electrons. The monoisotopic (exact) mass is 212 g/mol. The van der Waals surface area contributed by atoms with E-state index in [9.17, 15) is 0 Å². The van der Waals surface area contributed by atoms with E-state index in [0.717, 1.165) is 24.5 Å². The first-order chi connectivity index (χ1) is 7.15. The van der Waals surface area contributed by atoms with Crippen LogP contribution in [0.2, 0.25) is 0 Å². The predicted octanol–water partition coefficient (Wildman–Crippen LogP) is 2.49. The molecule has 0 bridgehead atoms. The maximum Gasteiger partial charge on any atom is 0.0223 e. The third kappa shape index (κ3) is 4.12. The van der Waals surface area contributed by atoms with Crippen molar-refractivity contribution in [1.29, 1.82) is 0 Å². The van der Waals surface area contributed by atoms with Gasteiger partial charge in [0.15, 0.2) is 0 Å². The minimum absolute atomic E-state index is 0.762. The molecule has 1 heterocycles. The topological polar surface area (TPSA) is 15.3 Å². The van der Waals surface area contributed by atoms with Gasteiger partial charge in [0, 0.05) is 18.6 Å². The Balaban J connectivity index is 2.27. The van der Waals surface area contributed by atoms with E-state index < -0.39 is 0 Å². The highest BCUT2D eigenvalue weighted by atomic mass is 15.2. The minimum atomic E-state index is 0.762. The van der Waals surface area contributed by atoms with Crippen LogP contribution in [0.25, 0.3) is 0 Å². The zero-order valence-electron chi connectivity index (χ0n) is 10.9. The van der Waals surface area contributed by atoms with Crippen molar-refractivity contribution < 1.29 is 0 Å². The molecular weight excluding hydrogens is 184 g/mol. The van der Waals surface area contributed by atoms with Crippen LogP contribution in [-0.4, -0.2) is 36.6 Å².